The molecule has 2 aliphatic rings. The summed E-state index contributed by atoms with van der Waals surface area (Å²) in [5, 5.41) is 0. The lowest BCUT2D eigenvalue weighted by atomic mass is 10.0. The van der Waals surface area contributed by atoms with E-state index in [1.165, 1.54) is 5.69 Å². The maximum absolute atomic E-state index is 13.1. The van der Waals surface area contributed by atoms with E-state index in [2.05, 4.69) is 24.4 Å². The number of ether oxygens (including phenoxy) is 1. The average molecular weight is 356 g/mol. The number of hydrogen-bond donors (Lipinski definition) is 0. The molecule has 0 aromatic carbocycles. The summed E-state index contributed by atoms with van der Waals surface area (Å²) in [4.78, 5) is 30.4. The summed E-state index contributed by atoms with van der Waals surface area (Å²) in [5.74, 6) is -0.0768. The van der Waals surface area contributed by atoms with Gasteiger partial charge in [-0.1, -0.05) is 0 Å². The first-order valence-corrected chi connectivity index (χ1v) is 9.00. The number of rotatable bonds is 3. The van der Waals surface area contributed by atoms with E-state index in [-0.39, 0.29) is 11.9 Å². The number of imidazole rings is 1. The molecule has 2 aliphatic heterocycles. The maximum atomic E-state index is 13.1. The monoisotopic (exact) mass is 356 g/mol. The third-order valence-corrected chi connectivity index (χ3v) is 5.17. The Morgan fingerprint density at radius 1 is 1.23 bits per heavy atom. The highest BCUT2D eigenvalue weighted by Crippen LogP contribution is 2.24. The Hall–Kier alpha value is -2.32. The van der Waals surface area contributed by atoms with Gasteiger partial charge in [-0.2, -0.15) is 0 Å². The predicted molar refractivity (Wildman–Crippen MR) is 94.6 cm³/mol. The van der Waals surface area contributed by atoms with E-state index < -0.39 is 0 Å². The summed E-state index contributed by atoms with van der Waals surface area (Å²) in [7, 11) is 2.01. The third kappa shape index (κ3) is 3.34. The van der Waals surface area contributed by atoms with Gasteiger partial charge in [-0.3, -0.25) is 14.7 Å². The molecule has 1 fully saturated rings. The Morgan fingerprint density at radius 2 is 2.04 bits per heavy atom. The fourth-order valence-corrected chi connectivity index (χ4v) is 3.65. The zero-order chi connectivity index (χ0) is 18.1. The van der Waals surface area contributed by atoms with Gasteiger partial charge >= 0.3 is 0 Å². The number of carbonyl (C=O) groups is 1. The molecule has 0 radical (unpaired) electrons. The predicted octanol–water partition coefficient (Wildman–Crippen LogP) is 0.418. The molecule has 1 saturated heterocycles. The van der Waals surface area contributed by atoms with Crippen LogP contribution < -0.4 is 0 Å². The van der Waals surface area contributed by atoms with Crippen molar-refractivity contribution >= 4 is 5.91 Å². The second kappa shape index (κ2) is 7.13. The van der Waals surface area contributed by atoms with Gasteiger partial charge in [0.15, 0.2) is 0 Å². The highest BCUT2D eigenvalue weighted by atomic mass is 16.5. The molecular formula is C18H24N6O2. The molecule has 1 amide bonds. The first-order valence-electron chi connectivity index (χ1n) is 9.00. The molecule has 4 heterocycles. The second-order valence-corrected chi connectivity index (χ2v) is 7.00. The van der Waals surface area contributed by atoms with Crippen LogP contribution in [0.4, 0.5) is 0 Å². The fraction of sp³-hybridized carbons (Fsp3) is 0.556. The molecule has 2 aromatic heterocycles. The largest absolute Gasteiger partial charge is 0.379 e. The number of nitrogens with zero attached hydrogens (tertiary/aromatic N) is 6. The number of carbonyl (C=O) groups excluding carboxylic acids is 1. The Bertz CT molecular complexity index is 781. The van der Waals surface area contributed by atoms with Crippen LogP contribution in [0.5, 0.6) is 0 Å². The van der Waals surface area contributed by atoms with Crippen molar-refractivity contribution in [3.05, 3.63) is 41.5 Å². The molecule has 0 spiro atoms. The van der Waals surface area contributed by atoms with Crippen molar-refractivity contribution in [3.63, 3.8) is 0 Å². The maximum Gasteiger partial charge on any atom is 0.274 e. The third-order valence-electron chi connectivity index (χ3n) is 5.17. The van der Waals surface area contributed by atoms with E-state index in [1.54, 1.807) is 12.4 Å². The van der Waals surface area contributed by atoms with Crippen LogP contribution in [0.3, 0.4) is 0 Å². The molecule has 2 aromatic rings. The molecule has 0 unspecified atom stereocenters. The van der Waals surface area contributed by atoms with Gasteiger partial charge in [-0.25, -0.2) is 9.97 Å². The zero-order valence-electron chi connectivity index (χ0n) is 15.3. The highest BCUT2D eigenvalue weighted by Gasteiger charge is 2.34. The van der Waals surface area contributed by atoms with E-state index in [0.29, 0.717) is 12.2 Å². The molecule has 8 nitrogen and oxygen atoms in total. The van der Waals surface area contributed by atoms with Gasteiger partial charge in [0.05, 0.1) is 49.7 Å². The Balaban J connectivity index is 1.60. The van der Waals surface area contributed by atoms with Crippen molar-refractivity contribution in [2.75, 3.05) is 32.8 Å². The van der Waals surface area contributed by atoms with Gasteiger partial charge < -0.3 is 14.2 Å². The molecule has 1 atom stereocenters. The van der Waals surface area contributed by atoms with Crippen LogP contribution in [-0.4, -0.2) is 74.1 Å². The van der Waals surface area contributed by atoms with Crippen molar-refractivity contribution in [3.8, 4) is 0 Å². The van der Waals surface area contributed by atoms with Crippen LogP contribution in [0.1, 0.15) is 27.6 Å². The summed E-state index contributed by atoms with van der Waals surface area (Å²) < 4.78 is 7.52. The van der Waals surface area contributed by atoms with Crippen molar-refractivity contribution in [2.24, 2.45) is 7.05 Å². The van der Waals surface area contributed by atoms with E-state index in [9.17, 15) is 4.79 Å². The smallest absolute Gasteiger partial charge is 0.274 e. The first kappa shape index (κ1) is 17.1. The summed E-state index contributed by atoms with van der Waals surface area (Å²) in [6.07, 6.45) is 5.84. The van der Waals surface area contributed by atoms with Crippen LogP contribution in [0.25, 0.3) is 0 Å². The number of morpholine rings is 1. The van der Waals surface area contributed by atoms with Crippen LogP contribution in [0.2, 0.25) is 0 Å². The standard InChI is InChI=1S/C18H24N6O2/c1-13-8-20-15(9-19-13)18(25)24-11-16-17(22(2)12-21-16)7-14(24)10-23-3-5-26-6-4-23/h8-9,12,14H,3-7,10-11H2,1-2H3/t14-/m0/s1. The molecule has 8 heteroatoms. The number of aromatic nitrogens is 4. The molecule has 26 heavy (non-hydrogen) atoms. The van der Waals surface area contributed by atoms with Gasteiger partial charge in [-0.05, 0) is 6.92 Å². The minimum atomic E-state index is -0.0768. The summed E-state index contributed by atoms with van der Waals surface area (Å²) in [6, 6.07) is 0.0894. The normalized spacial score (nSPS) is 20.8. The van der Waals surface area contributed by atoms with Gasteiger partial charge in [-0.15, -0.1) is 0 Å². The molecule has 0 aliphatic carbocycles. The van der Waals surface area contributed by atoms with Gasteiger partial charge in [0, 0.05) is 45.0 Å². The minimum Gasteiger partial charge on any atom is -0.379 e. The topological polar surface area (TPSA) is 76.4 Å². The van der Waals surface area contributed by atoms with E-state index in [4.69, 9.17) is 4.74 Å². The van der Waals surface area contributed by atoms with Gasteiger partial charge in [0.1, 0.15) is 5.69 Å². The first-order chi connectivity index (χ1) is 12.6. The molecular weight excluding hydrogens is 332 g/mol. The Kier molecular flexibility index (Phi) is 4.69. The second-order valence-electron chi connectivity index (χ2n) is 7.00. The summed E-state index contributed by atoms with van der Waals surface area (Å²) >= 11 is 0. The van der Waals surface area contributed by atoms with E-state index >= 15 is 0 Å². The number of hydrogen-bond acceptors (Lipinski definition) is 6. The molecule has 4 rings (SSSR count). The van der Waals surface area contributed by atoms with Crippen molar-refractivity contribution in [1.82, 2.24) is 29.3 Å². The van der Waals surface area contributed by atoms with Crippen LogP contribution in [0, 0.1) is 6.92 Å². The van der Waals surface area contributed by atoms with E-state index in [0.717, 1.165) is 50.7 Å². The molecule has 0 bridgehead atoms. The number of amides is 1. The van der Waals surface area contributed by atoms with Crippen LogP contribution in [0.15, 0.2) is 18.7 Å². The number of aryl methyl sites for hydroxylation is 2. The average Bonchev–Trinajstić information content (AvgIpc) is 3.02. The lowest BCUT2D eigenvalue weighted by Gasteiger charge is -2.39. The summed E-state index contributed by atoms with van der Waals surface area (Å²) in [5.41, 5.74) is 3.38. The SMILES string of the molecule is Cc1cnc(C(=O)N2Cc3ncn(C)c3C[C@H]2CN2CCOCC2)cn1. The fourth-order valence-electron chi connectivity index (χ4n) is 3.65. The lowest BCUT2D eigenvalue weighted by Crippen LogP contribution is -2.52. The van der Waals surface area contributed by atoms with Gasteiger partial charge in [0.25, 0.3) is 5.91 Å². The molecule has 0 saturated carbocycles. The molecule has 138 valence electrons. The van der Waals surface area contributed by atoms with Crippen LogP contribution in [-0.2, 0) is 24.8 Å². The van der Waals surface area contributed by atoms with E-state index in [1.807, 2.05) is 25.2 Å². The Labute approximate surface area is 152 Å². The Morgan fingerprint density at radius 3 is 2.77 bits per heavy atom. The van der Waals surface area contributed by atoms with Crippen LogP contribution >= 0.6 is 0 Å². The lowest BCUT2D eigenvalue weighted by molar-refractivity contribution is 0.0187. The van der Waals surface area contributed by atoms with Crippen molar-refractivity contribution in [2.45, 2.75) is 25.9 Å². The van der Waals surface area contributed by atoms with Gasteiger partial charge in [0.2, 0.25) is 0 Å². The number of fused-ring (bicyclic) bond motifs is 1. The highest BCUT2D eigenvalue weighted by molar-refractivity contribution is 5.92. The summed E-state index contributed by atoms with van der Waals surface area (Å²) in [6.45, 7) is 6.52. The van der Waals surface area contributed by atoms with Crippen molar-refractivity contribution < 1.29 is 9.53 Å². The minimum absolute atomic E-state index is 0.0768. The van der Waals surface area contributed by atoms with Crippen molar-refractivity contribution in [1.29, 1.82) is 0 Å². The zero-order valence-corrected chi connectivity index (χ0v) is 15.3. The quantitative estimate of drug-likeness (QED) is 0.793. The molecule has 0 N–H and O–H groups in total.